The Bertz CT molecular complexity index is 1330. The number of ketones is 1. The molecule has 0 unspecified atom stereocenters. The number of ether oxygens (including phenoxy) is 2. The Morgan fingerprint density at radius 3 is 2.38 bits per heavy atom. The van der Waals surface area contributed by atoms with Gasteiger partial charge in [-0.25, -0.2) is 9.97 Å². The summed E-state index contributed by atoms with van der Waals surface area (Å²) in [5.74, 6) is 0.113. The Labute approximate surface area is 188 Å². The molecule has 0 saturated heterocycles. The monoisotopic (exact) mass is 448 g/mol. The number of halogens is 1. The number of nitrogens with one attached hydrogen (secondary N) is 1. The number of pyridine rings is 1. The molecule has 0 radical (unpaired) electrons. The molecule has 1 amide bonds. The number of carbonyl (C=O) groups is 2. The summed E-state index contributed by atoms with van der Waals surface area (Å²) in [5.41, 5.74) is 1.73. The summed E-state index contributed by atoms with van der Waals surface area (Å²) in [6, 6.07) is 15.1. The van der Waals surface area contributed by atoms with Gasteiger partial charge in [-0.1, -0.05) is 23.7 Å². The van der Waals surface area contributed by atoms with E-state index < -0.39 is 5.91 Å². The summed E-state index contributed by atoms with van der Waals surface area (Å²) >= 11 is 6.29. The molecule has 2 aromatic carbocycles. The fraction of sp³-hybridized carbons (Fsp3) is 0.0870. The van der Waals surface area contributed by atoms with Crippen molar-refractivity contribution in [3.63, 3.8) is 0 Å². The molecule has 4 rings (SSSR count). The maximum absolute atomic E-state index is 13.0. The van der Waals surface area contributed by atoms with Crippen molar-refractivity contribution in [2.45, 2.75) is 6.92 Å². The molecule has 0 atom stereocenters. The van der Waals surface area contributed by atoms with Crippen LogP contribution in [-0.2, 0) is 0 Å². The van der Waals surface area contributed by atoms with E-state index in [2.05, 4.69) is 20.3 Å². The standard InChI is InChI=1S/C23H17ClN4O4/c1-13(29)17-9-7-14(12-25-17)26-22(30)21-23(28-19-6-4-3-5-18(19)27-21)32-20-10-8-15(31-2)11-16(20)24/h3-12H,1-2H3,(H,26,30). The molecule has 0 aliphatic carbocycles. The lowest BCUT2D eigenvalue weighted by atomic mass is 10.2. The third kappa shape index (κ3) is 4.50. The summed E-state index contributed by atoms with van der Waals surface area (Å²) in [7, 11) is 1.53. The van der Waals surface area contributed by atoms with E-state index in [4.69, 9.17) is 21.1 Å². The third-order valence-corrected chi connectivity index (χ3v) is 4.78. The smallest absolute Gasteiger partial charge is 0.279 e. The molecule has 0 bridgehead atoms. The number of hydrogen-bond donors (Lipinski definition) is 1. The fourth-order valence-electron chi connectivity index (χ4n) is 2.86. The Hall–Kier alpha value is -4.04. The van der Waals surface area contributed by atoms with Crippen LogP contribution in [0.2, 0.25) is 5.02 Å². The average Bonchev–Trinajstić information content (AvgIpc) is 2.80. The molecule has 160 valence electrons. The molecular formula is C23H17ClN4O4. The quantitative estimate of drug-likeness (QED) is 0.417. The number of Topliss-reactive ketones (excluding diaryl/α,β-unsaturated/α-hetero) is 1. The van der Waals surface area contributed by atoms with Gasteiger partial charge in [-0.15, -0.1) is 0 Å². The first-order valence-electron chi connectivity index (χ1n) is 9.51. The fourth-order valence-corrected chi connectivity index (χ4v) is 3.07. The molecule has 2 aromatic heterocycles. The number of carbonyl (C=O) groups excluding carboxylic acids is 2. The lowest BCUT2D eigenvalue weighted by Gasteiger charge is -2.12. The van der Waals surface area contributed by atoms with Gasteiger partial charge < -0.3 is 14.8 Å². The van der Waals surface area contributed by atoms with Gasteiger partial charge in [0.05, 0.1) is 35.1 Å². The first-order chi connectivity index (χ1) is 15.4. The van der Waals surface area contributed by atoms with E-state index in [9.17, 15) is 9.59 Å². The van der Waals surface area contributed by atoms with E-state index in [0.29, 0.717) is 33.9 Å². The van der Waals surface area contributed by atoms with Gasteiger partial charge >= 0.3 is 0 Å². The van der Waals surface area contributed by atoms with E-state index in [1.807, 2.05) is 6.07 Å². The highest BCUT2D eigenvalue weighted by Crippen LogP contribution is 2.33. The van der Waals surface area contributed by atoms with Gasteiger partial charge in [-0.3, -0.25) is 14.6 Å². The molecule has 0 aliphatic heterocycles. The van der Waals surface area contributed by atoms with Crippen LogP contribution in [0.15, 0.2) is 60.8 Å². The molecule has 1 N–H and O–H groups in total. The summed E-state index contributed by atoms with van der Waals surface area (Å²) in [5, 5.41) is 2.99. The van der Waals surface area contributed by atoms with Crippen LogP contribution in [0.5, 0.6) is 17.4 Å². The van der Waals surface area contributed by atoms with Crippen LogP contribution >= 0.6 is 11.6 Å². The van der Waals surface area contributed by atoms with Gasteiger partial charge in [0.25, 0.3) is 11.8 Å². The van der Waals surface area contributed by atoms with Crippen molar-refractivity contribution >= 4 is 40.0 Å². The topological polar surface area (TPSA) is 103 Å². The summed E-state index contributed by atoms with van der Waals surface area (Å²) in [6.45, 7) is 1.42. The predicted octanol–water partition coefficient (Wildman–Crippen LogP) is 4.93. The zero-order valence-electron chi connectivity index (χ0n) is 17.1. The largest absolute Gasteiger partial charge is 0.497 e. The number of aromatic nitrogens is 3. The highest BCUT2D eigenvalue weighted by molar-refractivity contribution is 6.32. The number of benzene rings is 2. The first-order valence-corrected chi connectivity index (χ1v) is 9.89. The summed E-state index contributed by atoms with van der Waals surface area (Å²) in [4.78, 5) is 37.4. The number of fused-ring (bicyclic) bond motifs is 1. The molecule has 0 fully saturated rings. The Balaban J connectivity index is 1.70. The molecule has 8 nitrogen and oxygen atoms in total. The molecule has 0 aliphatic rings. The Morgan fingerprint density at radius 1 is 1.00 bits per heavy atom. The highest BCUT2D eigenvalue weighted by atomic mass is 35.5. The minimum atomic E-state index is -0.555. The van der Waals surface area contributed by atoms with Crippen LogP contribution in [0, 0.1) is 0 Å². The second-order valence-corrected chi connectivity index (χ2v) is 7.11. The molecular weight excluding hydrogens is 432 g/mol. The predicted molar refractivity (Wildman–Crippen MR) is 120 cm³/mol. The number of para-hydroxylation sites is 2. The van der Waals surface area contributed by atoms with E-state index in [-0.39, 0.29) is 22.4 Å². The molecule has 2 heterocycles. The number of methoxy groups -OCH3 is 1. The van der Waals surface area contributed by atoms with Gasteiger partial charge in [-0.2, -0.15) is 0 Å². The van der Waals surface area contributed by atoms with Gasteiger partial charge in [0, 0.05) is 13.0 Å². The van der Waals surface area contributed by atoms with Crippen LogP contribution in [0.25, 0.3) is 11.0 Å². The third-order valence-electron chi connectivity index (χ3n) is 4.48. The van der Waals surface area contributed by atoms with Crippen LogP contribution in [0.1, 0.15) is 27.9 Å². The van der Waals surface area contributed by atoms with Crippen molar-refractivity contribution in [1.29, 1.82) is 0 Å². The van der Waals surface area contributed by atoms with Crippen molar-refractivity contribution in [3.8, 4) is 17.4 Å². The second kappa shape index (κ2) is 8.99. The van der Waals surface area contributed by atoms with Gasteiger partial charge in [-0.05, 0) is 36.4 Å². The molecule has 9 heteroatoms. The van der Waals surface area contributed by atoms with Crippen LogP contribution in [-0.4, -0.2) is 33.8 Å². The van der Waals surface area contributed by atoms with Crippen molar-refractivity contribution in [3.05, 3.63) is 77.2 Å². The molecule has 4 aromatic rings. The van der Waals surface area contributed by atoms with Crippen LogP contribution in [0.4, 0.5) is 5.69 Å². The van der Waals surface area contributed by atoms with E-state index in [1.54, 1.807) is 42.5 Å². The molecule has 0 spiro atoms. The highest BCUT2D eigenvalue weighted by Gasteiger charge is 2.20. The Kier molecular flexibility index (Phi) is 5.96. The van der Waals surface area contributed by atoms with Crippen LogP contribution in [0.3, 0.4) is 0 Å². The lowest BCUT2D eigenvalue weighted by Crippen LogP contribution is -2.16. The van der Waals surface area contributed by atoms with Gasteiger partial charge in [0.1, 0.15) is 17.2 Å². The van der Waals surface area contributed by atoms with Crippen molar-refractivity contribution in [1.82, 2.24) is 15.0 Å². The zero-order chi connectivity index (χ0) is 22.7. The number of hydrogen-bond acceptors (Lipinski definition) is 7. The van der Waals surface area contributed by atoms with Crippen LogP contribution < -0.4 is 14.8 Å². The normalized spacial score (nSPS) is 10.6. The number of amides is 1. The molecule has 32 heavy (non-hydrogen) atoms. The maximum atomic E-state index is 13.0. The summed E-state index contributed by atoms with van der Waals surface area (Å²) < 4.78 is 11.0. The van der Waals surface area contributed by atoms with E-state index in [1.165, 1.54) is 26.3 Å². The maximum Gasteiger partial charge on any atom is 0.279 e. The van der Waals surface area contributed by atoms with Crippen molar-refractivity contribution < 1.29 is 19.1 Å². The van der Waals surface area contributed by atoms with Crippen molar-refractivity contribution in [2.75, 3.05) is 12.4 Å². The SMILES string of the molecule is COc1ccc(Oc2nc3ccccc3nc2C(=O)Nc2ccc(C(C)=O)nc2)c(Cl)c1. The number of nitrogens with zero attached hydrogens (tertiary/aromatic N) is 3. The second-order valence-electron chi connectivity index (χ2n) is 6.71. The average molecular weight is 449 g/mol. The van der Waals surface area contributed by atoms with E-state index >= 15 is 0 Å². The van der Waals surface area contributed by atoms with Gasteiger partial charge in [0.2, 0.25) is 0 Å². The number of rotatable bonds is 6. The Morgan fingerprint density at radius 2 is 1.75 bits per heavy atom. The van der Waals surface area contributed by atoms with Gasteiger partial charge in [0.15, 0.2) is 11.5 Å². The van der Waals surface area contributed by atoms with E-state index in [0.717, 1.165) is 0 Å². The first kappa shape index (κ1) is 21.2. The number of anilines is 1. The molecule has 0 saturated carbocycles. The minimum Gasteiger partial charge on any atom is -0.497 e. The summed E-state index contributed by atoms with van der Waals surface area (Å²) in [6.07, 6.45) is 1.39. The van der Waals surface area contributed by atoms with Crippen molar-refractivity contribution in [2.24, 2.45) is 0 Å². The minimum absolute atomic E-state index is 0.0124. The lowest BCUT2D eigenvalue weighted by molar-refractivity contribution is 0.100. The zero-order valence-corrected chi connectivity index (χ0v) is 17.9.